The summed E-state index contributed by atoms with van der Waals surface area (Å²) in [6.45, 7) is 5.56. The number of hydrogen-bond donors (Lipinski definition) is 1. The summed E-state index contributed by atoms with van der Waals surface area (Å²) in [5.41, 5.74) is 0. The Kier molecular flexibility index (Phi) is 13.2. The van der Waals surface area contributed by atoms with Crippen molar-refractivity contribution >= 4 is 29.9 Å². The van der Waals surface area contributed by atoms with Gasteiger partial charge < -0.3 is 10.2 Å². The fraction of sp³-hybridized carbons (Fsp3) is 0.917. The second-order valence-corrected chi connectivity index (χ2v) is 4.24. The number of hydrogen-bond acceptors (Lipinski definition) is 1. The normalized spacial score (nSPS) is 12.9. The molecule has 0 fully saturated rings. The standard InChI is InChI=1S/C12H27N3.HI/c1-6-8-9-11(7-2)10-14-12(13-3)15(4)5;/h11H,6-10H2,1-5H3,(H,13,14);1H. The van der Waals surface area contributed by atoms with Crippen LogP contribution in [0.15, 0.2) is 4.99 Å². The smallest absolute Gasteiger partial charge is 0.193 e. The van der Waals surface area contributed by atoms with Crippen LogP contribution in [-0.2, 0) is 0 Å². The van der Waals surface area contributed by atoms with E-state index in [1.807, 2.05) is 26.0 Å². The van der Waals surface area contributed by atoms with Crippen LogP contribution >= 0.6 is 24.0 Å². The zero-order chi connectivity index (χ0) is 11.7. The highest BCUT2D eigenvalue weighted by Gasteiger charge is 2.07. The van der Waals surface area contributed by atoms with Crippen LogP contribution < -0.4 is 5.32 Å². The summed E-state index contributed by atoms with van der Waals surface area (Å²) < 4.78 is 0. The Balaban J connectivity index is 0. The predicted molar refractivity (Wildman–Crippen MR) is 83.8 cm³/mol. The van der Waals surface area contributed by atoms with Crippen LogP contribution in [0, 0.1) is 5.92 Å². The highest BCUT2D eigenvalue weighted by atomic mass is 127. The van der Waals surface area contributed by atoms with Crippen LogP contribution in [0.3, 0.4) is 0 Å². The molecule has 0 saturated heterocycles. The molecule has 16 heavy (non-hydrogen) atoms. The summed E-state index contributed by atoms with van der Waals surface area (Å²) in [5, 5.41) is 3.40. The van der Waals surface area contributed by atoms with Gasteiger partial charge in [-0.25, -0.2) is 0 Å². The lowest BCUT2D eigenvalue weighted by molar-refractivity contribution is 0.435. The molecule has 0 aromatic heterocycles. The van der Waals surface area contributed by atoms with Gasteiger partial charge in [0.05, 0.1) is 0 Å². The monoisotopic (exact) mass is 341 g/mol. The van der Waals surface area contributed by atoms with E-state index in [4.69, 9.17) is 0 Å². The summed E-state index contributed by atoms with van der Waals surface area (Å²) in [7, 11) is 5.86. The van der Waals surface area contributed by atoms with Crippen molar-refractivity contribution in [1.29, 1.82) is 0 Å². The first-order valence-corrected chi connectivity index (χ1v) is 6.03. The fourth-order valence-corrected chi connectivity index (χ4v) is 1.62. The van der Waals surface area contributed by atoms with Crippen molar-refractivity contribution in [3.63, 3.8) is 0 Å². The van der Waals surface area contributed by atoms with Gasteiger partial charge in [-0.05, 0) is 12.3 Å². The van der Waals surface area contributed by atoms with Crippen molar-refractivity contribution in [2.75, 3.05) is 27.7 Å². The highest BCUT2D eigenvalue weighted by Crippen LogP contribution is 2.11. The van der Waals surface area contributed by atoms with Crippen molar-refractivity contribution in [1.82, 2.24) is 10.2 Å². The molecule has 0 bridgehead atoms. The molecule has 0 rings (SSSR count). The quantitative estimate of drug-likeness (QED) is 0.457. The molecule has 0 spiro atoms. The molecule has 1 N–H and O–H groups in total. The fourth-order valence-electron chi connectivity index (χ4n) is 1.62. The molecule has 0 aromatic rings. The van der Waals surface area contributed by atoms with Crippen molar-refractivity contribution in [3.05, 3.63) is 0 Å². The molecule has 0 aliphatic heterocycles. The molecule has 3 nitrogen and oxygen atoms in total. The number of guanidine groups is 1. The third-order valence-corrected chi connectivity index (χ3v) is 2.73. The lowest BCUT2D eigenvalue weighted by Gasteiger charge is -2.21. The molecular formula is C12H28IN3. The van der Waals surface area contributed by atoms with Crippen molar-refractivity contribution in [3.8, 4) is 0 Å². The average Bonchev–Trinajstić information content (AvgIpc) is 2.23. The van der Waals surface area contributed by atoms with Gasteiger partial charge in [-0.1, -0.05) is 33.1 Å². The molecule has 4 heteroatoms. The summed E-state index contributed by atoms with van der Waals surface area (Å²) >= 11 is 0. The Morgan fingerprint density at radius 2 is 1.94 bits per heavy atom. The van der Waals surface area contributed by atoms with Gasteiger partial charge in [0.2, 0.25) is 0 Å². The van der Waals surface area contributed by atoms with Gasteiger partial charge in [0, 0.05) is 27.7 Å². The van der Waals surface area contributed by atoms with Crippen LogP contribution in [0.4, 0.5) is 0 Å². The largest absolute Gasteiger partial charge is 0.356 e. The van der Waals surface area contributed by atoms with E-state index in [0.29, 0.717) is 0 Å². The van der Waals surface area contributed by atoms with Gasteiger partial charge in [-0.2, -0.15) is 0 Å². The van der Waals surface area contributed by atoms with Gasteiger partial charge in [-0.15, -0.1) is 24.0 Å². The molecule has 0 saturated carbocycles. The number of nitrogens with zero attached hydrogens (tertiary/aromatic N) is 2. The molecule has 98 valence electrons. The van der Waals surface area contributed by atoms with E-state index >= 15 is 0 Å². The molecule has 0 aromatic carbocycles. The molecule has 1 atom stereocenters. The number of halogens is 1. The van der Waals surface area contributed by atoms with E-state index in [1.165, 1.54) is 25.7 Å². The van der Waals surface area contributed by atoms with Gasteiger partial charge in [-0.3, -0.25) is 4.99 Å². The number of rotatable bonds is 6. The molecular weight excluding hydrogens is 313 g/mol. The van der Waals surface area contributed by atoms with Crippen LogP contribution in [0.2, 0.25) is 0 Å². The Morgan fingerprint density at radius 3 is 2.31 bits per heavy atom. The van der Waals surface area contributed by atoms with Gasteiger partial charge in [0.25, 0.3) is 0 Å². The molecule has 1 unspecified atom stereocenters. The van der Waals surface area contributed by atoms with E-state index in [1.54, 1.807) is 0 Å². The van der Waals surface area contributed by atoms with Gasteiger partial charge in [0.15, 0.2) is 5.96 Å². The minimum atomic E-state index is 0. The van der Waals surface area contributed by atoms with E-state index in [-0.39, 0.29) is 24.0 Å². The number of aliphatic imine (C=N–C) groups is 1. The minimum absolute atomic E-state index is 0. The van der Waals surface area contributed by atoms with E-state index in [9.17, 15) is 0 Å². The molecule has 0 radical (unpaired) electrons. The first-order chi connectivity index (χ1) is 7.15. The Labute approximate surface area is 118 Å². The van der Waals surface area contributed by atoms with Gasteiger partial charge in [0.1, 0.15) is 0 Å². The van der Waals surface area contributed by atoms with Gasteiger partial charge >= 0.3 is 0 Å². The zero-order valence-corrected chi connectivity index (χ0v) is 13.7. The van der Waals surface area contributed by atoms with E-state index < -0.39 is 0 Å². The maximum atomic E-state index is 4.21. The predicted octanol–water partition coefficient (Wildman–Crippen LogP) is 2.96. The molecule has 0 aliphatic carbocycles. The zero-order valence-electron chi connectivity index (χ0n) is 11.4. The molecule has 0 heterocycles. The lowest BCUT2D eigenvalue weighted by atomic mass is 9.99. The van der Waals surface area contributed by atoms with Crippen LogP contribution in [-0.4, -0.2) is 38.5 Å². The number of nitrogens with one attached hydrogen (secondary N) is 1. The highest BCUT2D eigenvalue weighted by molar-refractivity contribution is 14.0. The van der Waals surface area contributed by atoms with Crippen LogP contribution in [0.5, 0.6) is 0 Å². The third-order valence-electron chi connectivity index (χ3n) is 2.73. The Hall–Kier alpha value is 0. The second-order valence-electron chi connectivity index (χ2n) is 4.24. The lowest BCUT2D eigenvalue weighted by Crippen LogP contribution is -2.38. The first-order valence-electron chi connectivity index (χ1n) is 6.03. The van der Waals surface area contributed by atoms with Crippen molar-refractivity contribution in [2.45, 2.75) is 39.5 Å². The Morgan fingerprint density at radius 1 is 1.31 bits per heavy atom. The third kappa shape index (κ3) is 8.19. The average molecular weight is 341 g/mol. The second kappa shape index (κ2) is 11.5. The maximum absolute atomic E-state index is 4.21. The summed E-state index contributed by atoms with van der Waals surface area (Å²) in [5.74, 6) is 1.76. The summed E-state index contributed by atoms with van der Waals surface area (Å²) in [6.07, 6.45) is 5.20. The van der Waals surface area contributed by atoms with E-state index in [0.717, 1.165) is 18.4 Å². The maximum Gasteiger partial charge on any atom is 0.193 e. The molecule has 0 aliphatic rings. The molecule has 0 amide bonds. The van der Waals surface area contributed by atoms with E-state index in [2.05, 4.69) is 24.2 Å². The van der Waals surface area contributed by atoms with Crippen molar-refractivity contribution < 1.29 is 0 Å². The summed E-state index contributed by atoms with van der Waals surface area (Å²) in [6, 6.07) is 0. The topological polar surface area (TPSA) is 27.6 Å². The van der Waals surface area contributed by atoms with Crippen molar-refractivity contribution in [2.24, 2.45) is 10.9 Å². The summed E-state index contributed by atoms with van der Waals surface area (Å²) in [4.78, 5) is 6.23. The SMILES string of the molecule is CCCCC(CC)CNC(=NC)N(C)C.I. The number of unbranched alkanes of at least 4 members (excludes halogenated alkanes) is 1. The Bertz CT molecular complexity index is 181. The van der Waals surface area contributed by atoms with Crippen LogP contribution in [0.25, 0.3) is 0 Å². The van der Waals surface area contributed by atoms with Crippen LogP contribution in [0.1, 0.15) is 39.5 Å². The first kappa shape index (κ1) is 18.4. The minimum Gasteiger partial charge on any atom is -0.356 e.